The molecule has 1 nitrogen and oxygen atoms in total. The highest BCUT2D eigenvalue weighted by atomic mass is 14.9. The maximum absolute atomic E-state index is 3.80. The summed E-state index contributed by atoms with van der Waals surface area (Å²) in [5.74, 6) is 1.94. The average Bonchev–Trinajstić information content (AvgIpc) is 2.43. The summed E-state index contributed by atoms with van der Waals surface area (Å²) in [6.45, 7) is 8.23. The molecule has 0 aliphatic heterocycles. The van der Waals surface area contributed by atoms with Crippen molar-refractivity contribution in [3.05, 3.63) is 0 Å². The van der Waals surface area contributed by atoms with Crippen LogP contribution in [0.1, 0.15) is 91.4 Å². The Bertz CT molecular complexity index is 196. The van der Waals surface area contributed by atoms with E-state index in [4.69, 9.17) is 0 Å². The van der Waals surface area contributed by atoms with E-state index in [1.807, 2.05) is 0 Å². The SMILES string of the molecule is CCCNC(CCC1CCCCC1)CC(C)CCC. The van der Waals surface area contributed by atoms with Crippen molar-refractivity contribution >= 4 is 0 Å². The summed E-state index contributed by atoms with van der Waals surface area (Å²) < 4.78 is 0. The molecule has 1 aliphatic rings. The molecule has 1 saturated carbocycles. The number of hydrogen-bond acceptors (Lipinski definition) is 1. The molecule has 0 aromatic heterocycles. The van der Waals surface area contributed by atoms with Crippen LogP contribution in [0.4, 0.5) is 0 Å². The second kappa shape index (κ2) is 10.7. The van der Waals surface area contributed by atoms with Gasteiger partial charge in [0.2, 0.25) is 0 Å². The van der Waals surface area contributed by atoms with Crippen molar-refractivity contribution in [1.82, 2.24) is 5.32 Å². The maximum Gasteiger partial charge on any atom is 0.00696 e. The molecule has 0 heterocycles. The van der Waals surface area contributed by atoms with Gasteiger partial charge in [0.25, 0.3) is 0 Å². The van der Waals surface area contributed by atoms with Gasteiger partial charge in [-0.25, -0.2) is 0 Å². The first kappa shape index (κ1) is 17.0. The van der Waals surface area contributed by atoms with Gasteiger partial charge in [-0.3, -0.25) is 0 Å². The molecule has 1 heteroatoms. The molecule has 0 spiro atoms. The Morgan fingerprint density at radius 2 is 1.74 bits per heavy atom. The minimum Gasteiger partial charge on any atom is -0.314 e. The molecule has 2 atom stereocenters. The van der Waals surface area contributed by atoms with E-state index in [0.29, 0.717) is 0 Å². The van der Waals surface area contributed by atoms with Gasteiger partial charge in [0.1, 0.15) is 0 Å². The molecule has 1 N–H and O–H groups in total. The van der Waals surface area contributed by atoms with Crippen molar-refractivity contribution in [2.45, 2.75) is 97.4 Å². The average molecular weight is 268 g/mol. The van der Waals surface area contributed by atoms with Crippen LogP contribution in [0.2, 0.25) is 0 Å². The van der Waals surface area contributed by atoms with Crippen LogP contribution in [0.5, 0.6) is 0 Å². The Balaban J connectivity index is 2.26. The zero-order chi connectivity index (χ0) is 13.9. The first-order chi connectivity index (χ1) is 9.26. The minimum absolute atomic E-state index is 0.781. The first-order valence-corrected chi connectivity index (χ1v) is 8.99. The van der Waals surface area contributed by atoms with Crippen molar-refractivity contribution in [2.75, 3.05) is 6.54 Å². The molecule has 1 rings (SSSR count). The third kappa shape index (κ3) is 7.97. The second-order valence-electron chi connectivity index (χ2n) is 6.86. The van der Waals surface area contributed by atoms with Gasteiger partial charge in [0.15, 0.2) is 0 Å². The summed E-state index contributed by atoms with van der Waals surface area (Å²) in [7, 11) is 0. The van der Waals surface area contributed by atoms with Gasteiger partial charge in [0, 0.05) is 6.04 Å². The molecular formula is C18H37N. The van der Waals surface area contributed by atoms with E-state index in [0.717, 1.165) is 17.9 Å². The monoisotopic (exact) mass is 267 g/mol. The molecule has 1 fully saturated rings. The molecule has 0 aromatic rings. The smallest absolute Gasteiger partial charge is 0.00696 e. The van der Waals surface area contributed by atoms with Gasteiger partial charge in [-0.15, -0.1) is 0 Å². The molecule has 0 radical (unpaired) electrons. The lowest BCUT2D eigenvalue weighted by Crippen LogP contribution is -2.32. The van der Waals surface area contributed by atoms with E-state index in [-0.39, 0.29) is 0 Å². The van der Waals surface area contributed by atoms with Crippen LogP contribution >= 0.6 is 0 Å². The van der Waals surface area contributed by atoms with Gasteiger partial charge in [-0.1, -0.05) is 65.7 Å². The van der Waals surface area contributed by atoms with Gasteiger partial charge in [-0.05, 0) is 44.1 Å². The molecule has 0 saturated heterocycles. The van der Waals surface area contributed by atoms with Gasteiger partial charge in [-0.2, -0.15) is 0 Å². The minimum atomic E-state index is 0.781. The highest BCUT2D eigenvalue weighted by Gasteiger charge is 2.17. The van der Waals surface area contributed by atoms with E-state index in [1.165, 1.54) is 77.2 Å². The van der Waals surface area contributed by atoms with E-state index < -0.39 is 0 Å². The van der Waals surface area contributed by atoms with E-state index in [9.17, 15) is 0 Å². The molecule has 0 amide bonds. The lowest BCUT2D eigenvalue weighted by Gasteiger charge is -2.26. The molecule has 19 heavy (non-hydrogen) atoms. The Labute approximate surface area is 121 Å². The lowest BCUT2D eigenvalue weighted by atomic mass is 9.84. The predicted molar refractivity (Wildman–Crippen MR) is 86.6 cm³/mol. The molecule has 2 unspecified atom stereocenters. The van der Waals surface area contributed by atoms with Crippen molar-refractivity contribution in [2.24, 2.45) is 11.8 Å². The topological polar surface area (TPSA) is 12.0 Å². The zero-order valence-electron chi connectivity index (χ0n) is 13.7. The zero-order valence-corrected chi connectivity index (χ0v) is 13.7. The van der Waals surface area contributed by atoms with Crippen LogP contribution in [-0.4, -0.2) is 12.6 Å². The van der Waals surface area contributed by atoms with Crippen LogP contribution in [0, 0.1) is 11.8 Å². The highest BCUT2D eigenvalue weighted by Crippen LogP contribution is 2.28. The Morgan fingerprint density at radius 3 is 2.37 bits per heavy atom. The maximum atomic E-state index is 3.80. The molecule has 0 aromatic carbocycles. The van der Waals surface area contributed by atoms with Crippen molar-refractivity contribution in [3.63, 3.8) is 0 Å². The quantitative estimate of drug-likeness (QED) is 0.548. The third-order valence-corrected chi connectivity index (χ3v) is 4.80. The fraction of sp³-hybridized carbons (Fsp3) is 1.00. The van der Waals surface area contributed by atoms with Crippen molar-refractivity contribution in [3.8, 4) is 0 Å². The third-order valence-electron chi connectivity index (χ3n) is 4.80. The number of nitrogens with one attached hydrogen (secondary N) is 1. The van der Waals surface area contributed by atoms with Crippen molar-refractivity contribution in [1.29, 1.82) is 0 Å². The summed E-state index contributed by atoms with van der Waals surface area (Å²) in [6, 6.07) is 0.781. The standard InChI is InChI=1S/C18H37N/c1-4-9-16(3)15-18(19-14-5-2)13-12-17-10-7-6-8-11-17/h16-19H,4-15H2,1-3H3. The Kier molecular flexibility index (Phi) is 9.59. The summed E-state index contributed by atoms with van der Waals surface area (Å²) >= 11 is 0. The van der Waals surface area contributed by atoms with Gasteiger partial charge in [0.05, 0.1) is 0 Å². The largest absolute Gasteiger partial charge is 0.314 e. The molecule has 0 bridgehead atoms. The van der Waals surface area contributed by atoms with Gasteiger partial charge < -0.3 is 5.32 Å². The Hall–Kier alpha value is -0.0400. The number of rotatable bonds is 10. The van der Waals surface area contributed by atoms with E-state index >= 15 is 0 Å². The fourth-order valence-electron chi connectivity index (χ4n) is 3.66. The van der Waals surface area contributed by atoms with Crippen LogP contribution in [0.25, 0.3) is 0 Å². The molecular weight excluding hydrogens is 230 g/mol. The highest BCUT2D eigenvalue weighted by molar-refractivity contribution is 4.74. The molecule has 1 aliphatic carbocycles. The van der Waals surface area contributed by atoms with Crippen molar-refractivity contribution < 1.29 is 0 Å². The summed E-state index contributed by atoms with van der Waals surface area (Å²) in [5.41, 5.74) is 0. The Morgan fingerprint density at radius 1 is 1.00 bits per heavy atom. The van der Waals surface area contributed by atoms with Gasteiger partial charge >= 0.3 is 0 Å². The second-order valence-corrected chi connectivity index (χ2v) is 6.86. The fourth-order valence-corrected chi connectivity index (χ4v) is 3.66. The first-order valence-electron chi connectivity index (χ1n) is 8.99. The summed E-state index contributed by atoms with van der Waals surface area (Å²) in [5, 5.41) is 3.80. The summed E-state index contributed by atoms with van der Waals surface area (Å²) in [6.07, 6.45) is 15.8. The van der Waals surface area contributed by atoms with Crippen LogP contribution < -0.4 is 5.32 Å². The van der Waals surface area contributed by atoms with E-state index in [1.54, 1.807) is 0 Å². The van der Waals surface area contributed by atoms with E-state index in [2.05, 4.69) is 26.1 Å². The van der Waals surface area contributed by atoms with Crippen LogP contribution in [0.15, 0.2) is 0 Å². The van der Waals surface area contributed by atoms with Crippen LogP contribution in [-0.2, 0) is 0 Å². The number of hydrogen-bond donors (Lipinski definition) is 1. The normalized spacial score (nSPS) is 20.4. The lowest BCUT2D eigenvalue weighted by molar-refractivity contribution is 0.293. The van der Waals surface area contributed by atoms with Crippen LogP contribution in [0.3, 0.4) is 0 Å². The summed E-state index contributed by atoms with van der Waals surface area (Å²) in [4.78, 5) is 0. The molecule has 114 valence electrons. The predicted octanol–water partition coefficient (Wildman–Crippen LogP) is 5.54.